The van der Waals surface area contributed by atoms with E-state index in [0.717, 1.165) is 12.8 Å². The molecule has 2 rings (SSSR count). The van der Waals surface area contributed by atoms with Crippen molar-refractivity contribution in [3.63, 3.8) is 0 Å². The summed E-state index contributed by atoms with van der Waals surface area (Å²) in [6.07, 6.45) is 2.19. The Bertz CT molecular complexity index is 436. The van der Waals surface area contributed by atoms with Gasteiger partial charge in [-0.2, -0.15) is 0 Å². The molecule has 1 aliphatic carbocycles. The van der Waals surface area contributed by atoms with Crippen LogP contribution in [-0.2, 0) is 10.2 Å². The molecule has 2 heteroatoms. The third-order valence-electron chi connectivity index (χ3n) is 4.06. The summed E-state index contributed by atoms with van der Waals surface area (Å²) in [5, 5.41) is 0. The number of carbonyl (C=O) groups excluding carboxylic acids is 1. The summed E-state index contributed by atoms with van der Waals surface area (Å²) in [5.74, 6) is 0.143. The third-order valence-corrected chi connectivity index (χ3v) is 4.06. The van der Waals surface area contributed by atoms with Gasteiger partial charge in [-0.1, -0.05) is 38.1 Å². The summed E-state index contributed by atoms with van der Waals surface area (Å²) in [6.45, 7) is 6.22. The Morgan fingerprint density at radius 3 is 2.65 bits per heavy atom. The highest BCUT2D eigenvalue weighted by molar-refractivity contribution is 5.73. The molecule has 1 atom stereocenters. The van der Waals surface area contributed by atoms with Gasteiger partial charge in [0.25, 0.3) is 0 Å². The molecular weight excluding hydrogens is 210 g/mol. The minimum absolute atomic E-state index is 0.143. The van der Waals surface area contributed by atoms with Crippen molar-refractivity contribution in [3.05, 3.63) is 35.4 Å². The fraction of sp³-hybridized carbons (Fsp3) is 0.533. The van der Waals surface area contributed by atoms with Crippen molar-refractivity contribution in [3.8, 4) is 0 Å². The van der Waals surface area contributed by atoms with Crippen LogP contribution in [0.25, 0.3) is 0 Å². The summed E-state index contributed by atoms with van der Waals surface area (Å²) >= 11 is 0. The molecule has 0 radical (unpaired) electrons. The molecule has 1 aliphatic rings. The first kappa shape index (κ1) is 12.2. The molecule has 1 aromatic carbocycles. The number of hydrogen-bond acceptors (Lipinski definition) is 1. The van der Waals surface area contributed by atoms with Crippen LogP contribution in [0.2, 0.25) is 0 Å². The predicted molar refractivity (Wildman–Crippen MR) is 69.9 cm³/mol. The summed E-state index contributed by atoms with van der Waals surface area (Å²) < 4.78 is 0. The van der Waals surface area contributed by atoms with Crippen molar-refractivity contribution >= 4 is 5.91 Å². The highest BCUT2D eigenvalue weighted by Gasteiger charge is 2.34. The van der Waals surface area contributed by atoms with Gasteiger partial charge in [0.1, 0.15) is 0 Å². The van der Waals surface area contributed by atoms with Crippen LogP contribution in [0.4, 0.5) is 0 Å². The standard InChI is InChI=1S/C15H21NO/c1-11(17)16(4)14-9-10-15(2,3)13-8-6-5-7-12(13)14/h5-8,14H,9-10H2,1-4H3/t14-/m1/s1. The fourth-order valence-electron chi connectivity index (χ4n) is 2.81. The van der Waals surface area contributed by atoms with Gasteiger partial charge in [-0.05, 0) is 29.4 Å². The lowest BCUT2D eigenvalue weighted by Gasteiger charge is -2.40. The van der Waals surface area contributed by atoms with E-state index >= 15 is 0 Å². The average molecular weight is 231 g/mol. The molecule has 1 amide bonds. The normalized spacial score (nSPS) is 21.8. The van der Waals surface area contributed by atoms with Gasteiger partial charge in [-0.25, -0.2) is 0 Å². The van der Waals surface area contributed by atoms with Crippen molar-refractivity contribution < 1.29 is 4.79 Å². The number of rotatable bonds is 1. The molecule has 0 saturated heterocycles. The Morgan fingerprint density at radius 2 is 2.00 bits per heavy atom. The van der Waals surface area contributed by atoms with Gasteiger partial charge in [0.05, 0.1) is 6.04 Å². The Balaban J connectivity index is 2.45. The molecule has 0 N–H and O–H groups in total. The first-order valence-corrected chi connectivity index (χ1v) is 6.26. The summed E-state index contributed by atoms with van der Waals surface area (Å²) in [4.78, 5) is 13.4. The highest BCUT2D eigenvalue weighted by Crippen LogP contribution is 2.43. The van der Waals surface area contributed by atoms with Gasteiger partial charge in [0.15, 0.2) is 0 Å². The first-order chi connectivity index (χ1) is 7.93. The zero-order valence-electron chi connectivity index (χ0n) is 11.2. The first-order valence-electron chi connectivity index (χ1n) is 6.26. The van der Waals surface area contributed by atoms with Gasteiger partial charge in [0, 0.05) is 14.0 Å². The summed E-state index contributed by atoms with van der Waals surface area (Å²) in [5.41, 5.74) is 2.94. The number of benzene rings is 1. The molecule has 0 heterocycles. The SMILES string of the molecule is CC(=O)N(C)[C@@H]1CCC(C)(C)c2ccccc21. The Morgan fingerprint density at radius 1 is 1.35 bits per heavy atom. The van der Waals surface area contributed by atoms with Crippen LogP contribution in [0.15, 0.2) is 24.3 Å². The van der Waals surface area contributed by atoms with Crippen molar-refractivity contribution in [1.29, 1.82) is 0 Å². The number of amides is 1. The van der Waals surface area contributed by atoms with Gasteiger partial charge in [0.2, 0.25) is 5.91 Å². The van der Waals surface area contributed by atoms with E-state index in [4.69, 9.17) is 0 Å². The average Bonchev–Trinajstić information content (AvgIpc) is 2.28. The van der Waals surface area contributed by atoms with Gasteiger partial charge >= 0.3 is 0 Å². The quantitative estimate of drug-likeness (QED) is 0.726. The lowest BCUT2D eigenvalue weighted by molar-refractivity contribution is -0.130. The topological polar surface area (TPSA) is 20.3 Å². The van der Waals surface area contributed by atoms with Crippen LogP contribution in [0, 0.1) is 0 Å². The highest BCUT2D eigenvalue weighted by atomic mass is 16.2. The second kappa shape index (κ2) is 4.17. The number of nitrogens with zero attached hydrogens (tertiary/aromatic N) is 1. The van der Waals surface area contributed by atoms with Crippen molar-refractivity contribution in [2.75, 3.05) is 7.05 Å². The second-order valence-corrected chi connectivity index (χ2v) is 5.66. The van der Waals surface area contributed by atoms with E-state index in [2.05, 4.69) is 38.1 Å². The Hall–Kier alpha value is -1.31. The maximum atomic E-state index is 11.5. The van der Waals surface area contributed by atoms with Gasteiger partial charge in [-0.3, -0.25) is 4.79 Å². The van der Waals surface area contributed by atoms with Crippen LogP contribution in [0.3, 0.4) is 0 Å². The minimum atomic E-state index is 0.143. The number of carbonyl (C=O) groups is 1. The van der Waals surface area contributed by atoms with E-state index in [1.54, 1.807) is 6.92 Å². The molecule has 0 unspecified atom stereocenters. The number of hydrogen-bond donors (Lipinski definition) is 0. The van der Waals surface area contributed by atoms with E-state index < -0.39 is 0 Å². The largest absolute Gasteiger partial charge is 0.339 e. The van der Waals surface area contributed by atoms with E-state index in [1.165, 1.54) is 11.1 Å². The van der Waals surface area contributed by atoms with E-state index in [0.29, 0.717) is 0 Å². The number of fused-ring (bicyclic) bond motifs is 1. The van der Waals surface area contributed by atoms with Crippen molar-refractivity contribution in [2.24, 2.45) is 0 Å². The summed E-state index contributed by atoms with van der Waals surface area (Å²) in [7, 11) is 1.90. The van der Waals surface area contributed by atoms with Gasteiger partial charge in [-0.15, -0.1) is 0 Å². The zero-order chi connectivity index (χ0) is 12.6. The van der Waals surface area contributed by atoms with Crippen molar-refractivity contribution in [2.45, 2.75) is 45.1 Å². The molecule has 92 valence electrons. The Kier molecular flexibility index (Phi) is 2.98. The smallest absolute Gasteiger partial charge is 0.219 e. The fourth-order valence-corrected chi connectivity index (χ4v) is 2.81. The maximum absolute atomic E-state index is 11.5. The molecular formula is C15H21NO. The molecule has 0 bridgehead atoms. The molecule has 0 fully saturated rings. The van der Waals surface area contributed by atoms with E-state index in [9.17, 15) is 4.79 Å². The molecule has 0 aliphatic heterocycles. The van der Waals surface area contributed by atoms with Crippen LogP contribution in [-0.4, -0.2) is 17.9 Å². The van der Waals surface area contributed by atoms with Crippen LogP contribution in [0.1, 0.15) is 50.8 Å². The van der Waals surface area contributed by atoms with E-state index in [-0.39, 0.29) is 17.4 Å². The minimum Gasteiger partial charge on any atom is -0.339 e. The predicted octanol–water partition coefficient (Wildman–Crippen LogP) is 3.28. The molecule has 0 aromatic heterocycles. The Labute approximate surface area is 104 Å². The molecule has 1 aromatic rings. The van der Waals surface area contributed by atoms with E-state index in [1.807, 2.05) is 11.9 Å². The van der Waals surface area contributed by atoms with Crippen LogP contribution in [0.5, 0.6) is 0 Å². The second-order valence-electron chi connectivity index (χ2n) is 5.66. The molecule has 0 spiro atoms. The van der Waals surface area contributed by atoms with Crippen LogP contribution >= 0.6 is 0 Å². The molecule has 2 nitrogen and oxygen atoms in total. The zero-order valence-corrected chi connectivity index (χ0v) is 11.2. The molecule has 17 heavy (non-hydrogen) atoms. The summed E-state index contributed by atoms with van der Waals surface area (Å²) in [6, 6.07) is 8.78. The van der Waals surface area contributed by atoms with Crippen molar-refractivity contribution in [1.82, 2.24) is 4.90 Å². The van der Waals surface area contributed by atoms with Crippen LogP contribution < -0.4 is 0 Å². The maximum Gasteiger partial charge on any atom is 0.219 e. The third kappa shape index (κ3) is 2.08. The lowest BCUT2D eigenvalue weighted by atomic mass is 9.71. The molecule has 0 saturated carbocycles. The monoisotopic (exact) mass is 231 g/mol. The van der Waals surface area contributed by atoms with Gasteiger partial charge < -0.3 is 4.90 Å². The lowest BCUT2D eigenvalue weighted by Crippen LogP contribution is -2.36.